The predicted octanol–water partition coefficient (Wildman–Crippen LogP) is 2.80. The van der Waals surface area contributed by atoms with Crippen molar-refractivity contribution in [2.45, 2.75) is 6.54 Å². The van der Waals surface area contributed by atoms with Crippen LogP contribution in [-0.4, -0.2) is 20.9 Å². The fraction of sp³-hybridized carbons (Fsp3) is 0.0526. The standard InChI is InChI=1S/C19H15N5O2/c20-17-15(11-22-18(24-17)16-6-3-7-26-16)19(25)23-10-14-8-12-4-1-2-5-13(12)9-21-14/h1-9,11H,10H2,(H,23,25)(H2,20,22,24). The number of nitrogens with one attached hydrogen (secondary N) is 1. The summed E-state index contributed by atoms with van der Waals surface area (Å²) in [5, 5.41) is 4.91. The molecule has 1 amide bonds. The zero-order valence-electron chi connectivity index (χ0n) is 13.7. The molecule has 3 N–H and O–H groups in total. The number of anilines is 1. The van der Waals surface area contributed by atoms with Gasteiger partial charge >= 0.3 is 0 Å². The van der Waals surface area contributed by atoms with E-state index in [1.807, 2.05) is 30.3 Å². The normalized spacial score (nSPS) is 10.8. The second kappa shape index (κ2) is 6.64. The van der Waals surface area contributed by atoms with Gasteiger partial charge in [-0.3, -0.25) is 9.78 Å². The van der Waals surface area contributed by atoms with Crippen LogP contribution in [0.4, 0.5) is 5.82 Å². The number of amides is 1. The van der Waals surface area contributed by atoms with Crippen molar-refractivity contribution in [3.63, 3.8) is 0 Å². The van der Waals surface area contributed by atoms with Crippen molar-refractivity contribution in [2.24, 2.45) is 0 Å². The molecule has 1 aromatic carbocycles. The number of furan rings is 1. The zero-order valence-corrected chi connectivity index (χ0v) is 13.7. The van der Waals surface area contributed by atoms with Gasteiger partial charge in [-0.1, -0.05) is 24.3 Å². The molecule has 7 heteroatoms. The van der Waals surface area contributed by atoms with Crippen LogP contribution in [-0.2, 0) is 6.54 Å². The minimum absolute atomic E-state index is 0.0929. The lowest BCUT2D eigenvalue weighted by atomic mass is 10.1. The molecule has 0 atom stereocenters. The maximum absolute atomic E-state index is 12.4. The number of carbonyl (C=O) groups excluding carboxylic acids is 1. The number of benzene rings is 1. The van der Waals surface area contributed by atoms with Gasteiger partial charge < -0.3 is 15.5 Å². The minimum Gasteiger partial charge on any atom is -0.461 e. The van der Waals surface area contributed by atoms with Crippen LogP contribution in [0.15, 0.2) is 65.5 Å². The topological polar surface area (TPSA) is 107 Å². The number of fused-ring (bicyclic) bond motifs is 1. The van der Waals surface area contributed by atoms with Gasteiger partial charge in [0.1, 0.15) is 5.82 Å². The summed E-state index contributed by atoms with van der Waals surface area (Å²) in [5.74, 6) is 0.558. The van der Waals surface area contributed by atoms with Crippen LogP contribution >= 0.6 is 0 Å². The highest BCUT2D eigenvalue weighted by Crippen LogP contribution is 2.18. The molecule has 0 aliphatic carbocycles. The first-order valence-corrected chi connectivity index (χ1v) is 7.99. The average Bonchev–Trinajstić information content (AvgIpc) is 3.20. The minimum atomic E-state index is -0.358. The Morgan fingerprint density at radius 1 is 1.08 bits per heavy atom. The number of nitrogen functional groups attached to an aromatic ring is 1. The Morgan fingerprint density at radius 2 is 1.92 bits per heavy atom. The maximum Gasteiger partial charge on any atom is 0.256 e. The third-order valence-corrected chi connectivity index (χ3v) is 3.92. The van der Waals surface area contributed by atoms with E-state index < -0.39 is 0 Å². The Kier molecular flexibility index (Phi) is 4.03. The molecule has 0 saturated carbocycles. The highest BCUT2D eigenvalue weighted by molar-refractivity contribution is 5.98. The summed E-state index contributed by atoms with van der Waals surface area (Å²) in [6.07, 6.45) is 4.70. The molecule has 4 rings (SSSR count). The number of nitrogens with two attached hydrogens (primary N) is 1. The fourth-order valence-electron chi connectivity index (χ4n) is 2.59. The Hall–Kier alpha value is -3.74. The highest BCUT2D eigenvalue weighted by atomic mass is 16.3. The third kappa shape index (κ3) is 3.10. The second-order valence-electron chi connectivity index (χ2n) is 5.68. The molecule has 7 nitrogen and oxygen atoms in total. The van der Waals surface area contributed by atoms with Gasteiger partial charge in [0.2, 0.25) is 0 Å². The van der Waals surface area contributed by atoms with E-state index in [9.17, 15) is 4.79 Å². The highest BCUT2D eigenvalue weighted by Gasteiger charge is 2.14. The van der Waals surface area contributed by atoms with E-state index in [1.165, 1.54) is 12.5 Å². The first-order valence-electron chi connectivity index (χ1n) is 7.99. The van der Waals surface area contributed by atoms with E-state index in [1.54, 1.807) is 18.3 Å². The van der Waals surface area contributed by atoms with E-state index in [4.69, 9.17) is 10.2 Å². The number of hydrogen-bond donors (Lipinski definition) is 2. The monoisotopic (exact) mass is 345 g/mol. The molecule has 0 aliphatic rings. The van der Waals surface area contributed by atoms with Crippen molar-refractivity contribution in [3.8, 4) is 11.6 Å². The summed E-state index contributed by atoms with van der Waals surface area (Å²) in [6, 6.07) is 13.3. The first kappa shape index (κ1) is 15.8. The number of pyridine rings is 1. The molecular formula is C19H15N5O2. The molecule has 0 spiro atoms. The third-order valence-electron chi connectivity index (χ3n) is 3.92. The molecule has 128 valence electrons. The zero-order chi connectivity index (χ0) is 17.9. The first-order chi connectivity index (χ1) is 12.7. The summed E-state index contributed by atoms with van der Waals surface area (Å²) in [5.41, 5.74) is 6.87. The smallest absolute Gasteiger partial charge is 0.256 e. The van der Waals surface area contributed by atoms with Crippen LogP contribution in [0.1, 0.15) is 16.1 Å². The van der Waals surface area contributed by atoms with Gasteiger partial charge in [0.05, 0.1) is 24.1 Å². The van der Waals surface area contributed by atoms with E-state index in [0.717, 1.165) is 16.5 Å². The number of rotatable bonds is 4. The van der Waals surface area contributed by atoms with Crippen LogP contribution in [0.25, 0.3) is 22.4 Å². The Labute approximate surface area is 148 Å². The lowest BCUT2D eigenvalue weighted by Crippen LogP contribution is -2.25. The fourth-order valence-corrected chi connectivity index (χ4v) is 2.59. The molecule has 0 fully saturated rings. The summed E-state index contributed by atoms with van der Waals surface area (Å²) in [7, 11) is 0. The molecule has 4 aromatic rings. The van der Waals surface area contributed by atoms with Crippen molar-refractivity contribution in [1.82, 2.24) is 20.3 Å². The molecule has 0 saturated heterocycles. The molecule has 0 bridgehead atoms. The van der Waals surface area contributed by atoms with Gasteiger partial charge in [-0.15, -0.1) is 0 Å². The quantitative estimate of drug-likeness (QED) is 0.589. The van der Waals surface area contributed by atoms with Crippen molar-refractivity contribution >= 4 is 22.5 Å². The molecule has 0 aliphatic heterocycles. The van der Waals surface area contributed by atoms with Crippen LogP contribution in [0.3, 0.4) is 0 Å². The van der Waals surface area contributed by atoms with E-state index >= 15 is 0 Å². The van der Waals surface area contributed by atoms with Crippen LogP contribution in [0.5, 0.6) is 0 Å². The molecule has 26 heavy (non-hydrogen) atoms. The predicted molar refractivity (Wildman–Crippen MR) is 97.1 cm³/mol. The van der Waals surface area contributed by atoms with Crippen molar-refractivity contribution in [2.75, 3.05) is 5.73 Å². The summed E-state index contributed by atoms with van der Waals surface area (Å²) in [6.45, 7) is 0.281. The maximum atomic E-state index is 12.4. The lowest BCUT2D eigenvalue weighted by Gasteiger charge is -2.08. The summed E-state index contributed by atoms with van der Waals surface area (Å²) < 4.78 is 5.23. The van der Waals surface area contributed by atoms with Crippen molar-refractivity contribution < 1.29 is 9.21 Å². The Morgan fingerprint density at radius 3 is 2.69 bits per heavy atom. The van der Waals surface area contributed by atoms with Crippen LogP contribution in [0, 0.1) is 0 Å². The van der Waals surface area contributed by atoms with Gasteiger partial charge in [0.15, 0.2) is 11.6 Å². The lowest BCUT2D eigenvalue weighted by molar-refractivity contribution is 0.0950. The van der Waals surface area contributed by atoms with Crippen molar-refractivity contribution in [3.05, 3.63) is 72.4 Å². The van der Waals surface area contributed by atoms with E-state index in [0.29, 0.717) is 11.6 Å². The van der Waals surface area contributed by atoms with Gasteiger partial charge in [-0.25, -0.2) is 9.97 Å². The summed E-state index contributed by atoms with van der Waals surface area (Å²) in [4.78, 5) is 25.0. The Bertz CT molecular complexity index is 1080. The van der Waals surface area contributed by atoms with Crippen LogP contribution < -0.4 is 11.1 Å². The average molecular weight is 345 g/mol. The van der Waals surface area contributed by atoms with Gasteiger partial charge in [0.25, 0.3) is 5.91 Å². The van der Waals surface area contributed by atoms with Gasteiger partial charge in [0, 0.05) is 17.8 Å². The number of hydrogen-bond acceptors (Lipinski definition) is 6. The molecule has 3 heterocycles. The van der Waals surface area contributed by atoms with E-state index in [-0.39, 0.29) is 23.8 Å². The molecule has 0 radical (unpaired) electrons. The van der Waals surface area contributed by atoms with Crippen molar-refractivity contribution in [1.29, 1.82) is 0 Å². The van der Waals surface area contributed by atoms with Crippen LogP contribution in [0.2, 0.25) is 0 Å². The molecule has 0 unspecified atom stereocenters. The molecular weight excluding hydrogens is 330 g/mol. The summed E-state index contributed by atoms with van der Waals surface area (Å²) >= 11 is 0. The van der Waals surface area contributed by atoms with Gasteiger partial charge in [-0.05, 0) is 23.6 Å². The van der Waals surface area contributed by atoms with E-state index in [2.05, 4.69) is 20.3 Å². The molecule has 3 aromatic heterocycles. The Balaban J connectivity index is 1.49. The van der Waals surface area contributed by atoms with Gasteiger partial charge in [-0.2, -0.15) is 0 Å². The number of nitrogens with zero attached hydrogens (tertiary/aromatic N) is 3. The SMILES string of the molecule is Nc1nc(-c2ccco2)ncc1C(=O)NCc1cc2ccccc2cn1. The second-order valence-corrected chi connectivity index (χ2v) is 5.68. The largest absolute Gasteiger partial charge is 0.461 e. The number of carbonyl (C=O) groups is 1. The number of aromatic nitrogens is 3.